The van der Waals surface area contributed by atoms with Crippen molar-refractivity contribution >= 4 is 27.1 Å². The number of hydrogen-bond donors (Lipinski definition) is 2. The monoisotopic (exact) mass is 279 g/mol. The third-order valence-corrected chi connectivity index (χ3v) is 5.03. The standard InChI is InChI=1S/C9H14ClN3O3S/c1-9(2,17(3,15)16)5-11-6-4-12-13-8(14)7(6)10/h4H,5H2,1-3H3,(H2,11,13,14). The summed E-state index contributed by atoms with van der Waals surface area (Å²) in [4.78, 5) is 11.2. The van der Waals surface area contributed by atoms with E-state index in [4.69, 9.17) is 11.6 Å². The van der Waals surface area contributed by atoms with Crippen LogP contribution in [0.15, 0.2) is 11.0 Å². The molecule has 1 rings (SSSR count). The molecule has 0 fully saturated rings. The topological polar surface area (TPSA) is 91.9 Å². The summed E-state index contributed by atoms with van der Waals surface area (Å²) in [6, 6.07) is 0. The molecule has 0 radical (unpaired) electrons. The third-order valence-electron chi connectivity index (χ3n) is 2.50. The first-order chi connectivity index (χ1) is 7.65. The van der Waals surface area contributed by atoms with Gasteiger partial charge in [-0.25, -0.2) is 13.5 Å². The summed E-state index contributed by atoms with van der Waals surface area (Å²) in [5.74, 6) is 0. The zero-order chi connectivity index (χ0) is 13.3. The molecule has 0 aliphatic carbocycles. The number of hydrogen-bond acceptors (Lipinski definition) is 5. The molecule has 0 unspecified atom stereocenters. The van der Waals surface area contributed by atoms with Gasteiger partial charge in [0, 0.05) is 12.8 Å². The quantitative estimate of drug-likeness (QED) is 0.845. The molecule has 0 aromatic carbocycles. The Hall–Kier alpha value is -1.08. The Morgan fingerprint density at radius 1 is 1.53 bits per heavy atom. The van der Waals surface area contributed by atoms with E-state index in [0.29, 0.717) is 5.69 Å². The van der Waals surface area contributed by atoms with E-state index in [1.165, 1.54) is 6.20 Å². The summed E-state index contributed by atoms with van der Waals surface area (Å²) in [7, 11) is -3.21. The van der Waals surface area contributed by atoms with Crippen molar-refractivity contribution in [1.82, 2.24) is 10.2 Å². The van der Waals surface area contributed by atoms with Crippen LogP contribution in [0.4, 0.5) is 5.69 Å². The lowest BCUT2D eigenvalue weighted by Crippen LogP contribution is -2.38. The Labute approximate surface area is 104 Å². The highest BCUT2D eigenvalue weighted by atomic mass is 35.5. The maximum atomic E-state index is 11.5. The Balaban J connectivity index is 2.89. The highest BCUT2D eigenvalue weighted by molar-refractivity contribution is 7.92. The highest BCUT2D eigenvalue weighted by Gasteiger charge is 2.30. The third kappa shape index (κ3) is 3.19. The van der Waals surface area contributed by atoms with Gasteiger partial charge in [-0.15, -0.1) is 0 Å². The van der Waals surface area contributed by atoms with Gasteiger partial charge in [0.15, 0.2) is 9.84 Å². The van der Waals surface area contributed by atoms with Crippen molar-refractivity contribution < 1.29 is 8.42 Å². The predicted molar refractivity (Wildman–Crippen MR) is 67.3 cm³/mol. The molecule has 6 nitrogen and oxygen atoms in total. The van der Waals surface area contributed by atoms with E-state index < -0.39 is 20.1 Å². The van der Waals surface area contributed by atoms with E-state index in [1.807, 2.05) is 0 Å². The minimum Gasteiger partial charge on any atom is -0.381 e. The number of aromatic amines is 1. The summed E-state index contributed by atoms with van der Waals surface area (Å²) >= 11 is 5.74. The van der Waals surface area contributed by atoms with Crippen LogP contribution in [-0.4, -0.2) is 36.2 Å². The second-order valence-electron chi connectivity index (χ2n) is 4.31. The molecule has 0 saturated heterocycles. The Morgan fingerprint density at radius 3 is 2.65 bits per heavy atom. The van der Waals surface area contributed by atoms with E-state index in [0.717, 1.165) is 6.26 Å². The zero-order valence-corrected chi connectivity index (χ0v) is 11.3. The van der Waals surface area contributed by atoms with Crippen molar-refractivity contribution in [3.63, 3.8) is 0 Å². The number of aromatic nitrogens is 2. The summed E-state index contributed by atoms with van der Waals surface area (Å²) in [6.45, 7) is 3.31. The van der Waals surface area contributed by atoms with Gasteiger partial charge in [0.25, 0.3) is 5.56 Å². The van der Waals surface area contributed by atoms with Crippen LogP contribution in [0.3, 0.4) is 0 Å². The molecular formula is C9H14ClN3O3S. The minimum atomic E-state index is -3.21. The van der Waals surface area contributed by atoms with Crippen LogP contribution < -0.4 is 10.9 Å². The fraction of sp³-hybridized carbons (Fsp3) is 0.556. The normalized spacial score (nSPS) is 12.5. The van der Waals surface area contributed by atoms with Gasteiger partial charge in [0.1, 0.15) is 5.02 Å². The number of nitrogens with one attached hydrogen (secondary N) is 2. The van der Waals surface area contributed by atoms with Crippen LogP contribution in [0.25, 0.3) is 0 Å². The maximum Gasteiger partial charge on any atom is 0.285 e. The van der Waals surface area contributed by atoms with Gasteiger partial charge < -0.3 is 5.32 Å². The average molecular weight is 280 g/mol. The first-order valence-electron chi connectivity index (χ1n) is 4.82. The van der Waals surface area contributed by atoms with Crippen LogP contribution >= 0.6 is 11.6 Å². The fourth-order valence-corrected chi connectivity index (χ4v) is 1.44. The van der Waals surface area contributed by atoms with Crippen LogP contribution in [0.1, 0.15) is 13.8 Å². The van der Waals surface area contributed by atoms with Gasteiger partial charge >= 0.3 is 0 Å². The van der Waals surface area contributed by atoms with E-state index >= 15 is 0 Å². The summed E-state index contributed by atoms with van der Waals surface area (Å²) in [5, 5.41) is 8.51. The maximum absolute atomic E-state index is 11.5. The summed E-state index contributed by atoms with van der Waals surface area (Å²) < 4.78 is 22.0. The second-order valence-corrected chi connectivity index (χ2v) is 7.34. The molecule has 0 amide bonds. The molecule has 0 aliphatic heterocycles. The van der Waals surface area contributed by atoms with E-state index in [2.05, 4.69) is 15.5 Å². The first kappa shape index (κ1) is 14.0. The molecule has 2 N–H and O–H groups in total. The predicted octanol–water partition coefficient (Wildman–Crippen LogP) is 0.658. The van der Waals surface area contributed by atoms with Crippen molar-refractivity contribution in [3.8, 4) is 0 Å². The van der Waals surface area contributed by atoms with Crippen molar-refractivity contribution in [2.75, 3.05) is 18.1 Å². The van der Waals surface area contributed by atoms with E-state index in [9.17, 15) is 13.2 Å². The van der Waals surface area contributed by atoms with Gasteiger partial charge in [-0.3, -0.25) is 4.79 Å². The van der Waals surface area contributed by atoms with Crippen molar-refractivity contribution in [1.29, 1.82) is 0 Å². The number of halogens is 1. The fourth-order valence-electron chi connectivity index (χ4n) is 0.946. The number of rotatable bonds is 4. The summed E-state index contributed by atoms with van der Waals surface area (Å²) in [5.41, 5.74) is -0.207. The van der Waals surface area contributed by atoms with Crippen LogP contribution in [0.5, 0.6) is 0 Å². The molecule has 17 heavy (non-hydrogen) atoms. The van der Waals surface area contributed by atoms with Gasteiger partial charge in [-0.1, -0.05) is 11.6 Å². The molecule has 96 valence electrons. The van der Waals surface area contributed by atoms with E-state index in [1.54, 1.807) is 13.8 Å². The molecule has 1 heterocycles. The Bertz CT molecular complexity index is 565. The molecule has 0 aliphatic rings. The molecule has 0 saturated carbocycles. The molecule has 8 heteroatoms. The average Bonchev–Trinajstić information content (AvgIpc) is 2.18. The van der Waals surface area contributed by atoms with Crippen LogP contribution in [0.2, 0.25) is 5.02 Å². The first-order valence-corrected chi connectivity index (χ1v) is 7.09. The molecular weight excluding hydrogens is 266 g/mol. The van der Waals surface area contributed by atoms with Gasteiger partial charge in [-0.05, 0) is 13.8 Å². The Morgan fingerprint density at radius 2 is 2.12 bits per heavy atom. The van der Waals surface area contributed by atoms with Crippen LogP contribution in [0, 0.1) is 0 Å². The summed E-state index contributed by atoms with van der Waals surface area (Å²) in [6.07, 6.45) is 2.49. The second kappa shape index (κ2) is 4.66. The van der Waals surface area contributed by atoms with E-state index in [-0.39, 0.29) is 11.6 Å². The largest absolute Gasteiger partial charge is 0.381 e. The molecule has 1 aromatic rings. The lowest BCUT2D eigenvalue weighted by molar-refractivity contribution is 0.560. The van der Waals surface area contributed by atoms with Crippen molar-refractivity contribution in [3.05, 3.63) is 21.6 Å². The number of nitrogens with zero attached hydrogens (tertiary/aromatic N) is 1. The lowest BCUT2D eigenvalue weighted by Gasteiger charge is -2.23. The molecule has 1 aromatic heterocycles. The smallest absolute Gasteiger partial charge is 0.285 e. The molecule has 0 atom stereocenters. The zero-order valence-electron chi connectivity index (χ0n) is 9.74. The van der Waals surface area contributed by atoms with Crippen molar-refractivity contribution in [2.24, 2.45) is 0 Å². The van der Waals surface area contributed by atoms with Crippen molar-refractivity contribution in [2.45, 2.75) is 18.6 Å². The molecule has 0 spiro atoms. The number of anilines is 1. The van der Waals surface area contributed by atoms with Gasteiger partial charge in [-0.2, -0.15) is 5.10 Å². The Kier molecular flexibility index (Phi) is 3.83. The SMILES string of the molecule is CC(C)(CNc1cn[nH]c(=O)c1Cl)S(C)(=O)=O. The van der Waals surface area contributed by atoms with Gasteiger partial charge in [0.05, 0.1) is 16.6 Å². The minimum absolute atomic E-state index is 0.0377. The van der Waals surface area contributed by atoms with Gasteiger partial charge in [0.2, 0.25) is 0 Å². The van der Waals surface area contributed by atoms with Crippen LogP contribution in [-0.2, 0) is 9.84 Å². The number of H-pyrrole nitrogens is 1. The highest BCUT2D eigenvalue weighted by Crippen LogP contribution is 2.19. The number of sulfone groups is 1. The molecule has 0 bridgehead atoms. The lowest BCUT2D eigenvalue weighted by atomic mass is 10.2.